The lowest BCUT2D eigenvalue weighted by atomic mass is 10.0. The summed E-state index contributed by atoms with van der Waals surface area (Å²) in [4.78, 5) is 17.8. The SMILES string of the molecule is O=c1c2ccccc2oc2nc3cc4sc5c(-c6ccccc6)cccc5c4cc3n12. The molecular weight excluding hydrogens is 404 g/mol. The molecule has 3 aromatic heterocycles. The molecule has 7 rings (SSSR count). The second-order valence-electron chi connectivity index (χ2n) is 7.62. The Kier molecular flexibility index (Phi) is 3.27. The van der Waals surface area contributed by atoms with Crippen molar-refractivity contribution in [3.63, 3.8) is 0 Å². The van der Waals surface area contributed by atoms with E-state index in [1.54, 1.807) is 27.9 Å². The fourth-order valence-corrected chi connectivity index (χ4v) is 5.66. The van der Waals surface area contributed by atoms with Gasteiger partial charge in [-0.1, -0.05) is 60.7 Å². The summed E-state index contributed by atoms with van der Waals surface area (Å²) in [6, 6.07) is 28.3. The summed E-state index contributed by atoms with van der Waals surface area (Å²) in [5, 5.41) is 2.86. The van der Waals surface area contributed by atoms with Crippen LogP contribution in [-0.4, -0.2) is 9.38 Å². The third-order valence-electron chi connectivity index (χ3n) is 5.85. The minimum Gasteiger partial charge on any atom is -0.424 e. The van der Waals surface area contributed by atoms with Gasteiger partial charge in [-0.2, -0.15) is 4.98 Å². The minimum absolute atomic E-state index is 0.108. The highest BCUT2D eigenvalue weighted by atomic mass is 32.1. The van der Waals surface area contributed by atoms with Gasteiger partial charge in [-0.05, 0) is 35.4 Å². The molecule has 4 aromatic carbocycles. The molecule has 7 aromatic rings. The van der Waals surface area contributed by atoms with Crippen LogP contribution < -0.4 is 5.56 Å². The zero-order chi connectivity index (χ0) is 20.5. The molecule has 4 nitrogen and oxygen atoms in total. The van der Waals surface area contributed by atoms with Gasteiger partial charge in [0.1, 0.15) is 5.58 Å². The van der Waals surface area contributed by atoms with Crippen LogP contribution in [-0.2, 0) is 0 Å². The molecule has 0 atom stereocenters. The first-order valence-corrected chi connectivity index (χ1v) is 10.8. The van der Waals surface area contributed by atoms with Crippen molar-refractivity contribution in [3.8, 4) is 11.1 Å². The summed E-state index contributed by atoms with van der Waals surface area (Å²) in [6.45, 7) is 0. The van der Waals surface area contributed by atoms with Gasteiger partial charge in [0, 0.05) is 20.2 Å². The third-order valence-corrected chi connectivity index (χ3v) is 7.05. The molecule has 0 aliphatic heterocycles. The van der Waals surface area contributed by atoms with Crippen LogP contribution in [0, 0.1) is 0 Å². The average molecular weight is 418 g/mol. The molecule has 146 valence electrons. The Balaban J connectivity index is 1.61. The molecule has 0 spiro atoms. The molecule has 0 N–H and O–H groups in total. The number of nitrogens with zero attached hydrogens (tertiary/aromatic N) is 2. The molecule has 0 radical (unpaired) electrons. The van der Waals surface area contributed by atoms with Crippen LogP contribution >= 0.6 is 11.3 Å². The van der Waals surface area contributed by atoms with Gasteiger partial charge in [0.05, 0.1) is 16.4 Å². The highest BCUT2D eigenvalue weighted by molar-refractivity contribution is 7.26. The second kappa shape index (κ2) is 6.03. The Morgan fingerprint density at radius 2 is 1.61 bits per heavy atom. The van der Waals surface area contributed by atoms with Crippen LogP contribution in [0.2, 0.25) is 0 Å². The molecule has 0 fully saturated rings. The lowest BCUT2D eigenvalue weighted by molar-refractivity contribution is 0.616. The van der Waals surface area contributed by atoms with Gasteiger partial charge in [0.15, 0.2) is 0 Å². The summed E-state index contributed by atoms with van der Waals surface area (Å²) in [5.74, 6) is 0.325. The smallest absolute Gasteiger partial charge is 0.310 e. The number of hydrogen-bond acceptors (Lipinski definition) is 4. The quantitative estimate of drug-likeness (QED) is 0.301. The maximum atomic E-state index is 13.2. The summed E-state index contributed by atoms with van der Waals surface area (Å²) >= 11 is 1.76. The average Bonchev–Trinajstić information content (AvgIpc) is 3.35. The molecule has 3 heterocycles. The summed E-state index contributed by atoms with van der Waals surface area (Å²) in [5.41, 5.74) is 4.39. The van der Waals surface area contributed by atoms with Crippen molar-refractivity contribution in [2.45, 2.75) is 0 Å². The summed E-state index contributed by atoms with van der Waals surface area (Å²) in [6.07, 6.45) is 0. The van der Waals surface area contributed by atoms with Gasteiger partial charge in [-0.25, -0.2) is 4.40 Å². The van der Waals surface area contributed by atoms with Crippen molar-refractivity contribution in [3.05, 3.63) is 95.3 Å². The molecule has 0 aliphatic rings. The van der Waals surface area contributed by atoms with Crippen molar-refractivity contribution < 1.29 is 4.42 Å². The number of thiophene rings is 1. The standard InChI is InChI=1S/C26H14N2O2S/c29-25-18-9-4-5-12-22(18)30-26-27-20-14-23-19(13-21(20)28(25)26)17-11-6-10-16(24(17)31-23)15-7-2-1-3-8-15/h1-14H. The molecule has 31 heavy (non-hydrogen) atoms. The van der Waals surface area contributed by atoms with Crippen molar-refractivity contribution in [1.29, 1.82) is 0 Å². The van der Waals surface area contributed by atoms with E-state index in [0.717, 1.165) is 21.1 Å². The fraction of sp³-hybridized carbons (Fsp3) is 0. The van der Waals surface area contributed by atoms with E-state index in [1.807, 2.05) is 18.2 Å². The van der Waals surface area contributed by atoms with E-state index in [0.29, 0.717) is 16.8 Å². The highest BCUT2D eigenvalue weighted by Gasteiger charge is 2.16. The monoisotopic (exact) mass is 418 g/mol. The number of hydrogen-bond donors (Lipinski definition) is 0. The first-order valence-electron chi connectivity index (χ1n) is 10.0. The number of aromatic nitrogens is 2. The van der Waals surface area contributed by atoms with E-state index < -0.39 is 0 Å². The van der Waals surface area contributed by atoms with E-state index in [1.165, 1.54) is 21.2 Å². The van der Waals surface area contributed by atoms with Gasteiger partial charge in [-0.15, -0.1) is 11.3 Å². The molecule has 0 amide bonds. The van der Waals surface area contributed by atoms with E-state index >= 15 is 0 Å². The number of benzene rings is 4. The van der Waals surface area contributed by atoms with Crippen LogP contribution in [0.25, 0.3) is 59.1 Å². The van der Waals surface area contributed by atoms with Crippen molar-refractivity contribution in [2.75, 3.05) is 0 Å². The van der Waals surface area contributed by atoms with Gasteiger partial charge in [0.2, 0.25) is 0 Å². The first kappa shape index (κ1) is 16.8. The van der Waals surface area contributed by atoms with E-state index in [2.05, 4.69) is 59.6 Å². The number of imidazole rings is 1. The number of fused-ring (bicyclic) bond motifs is 7. The van der Waals surface area contributed by atoms with Gasteiger partial charge < -0.3 is 4.42 Å². The van der Waals surface area contributed by atoms with Crippen molar-refractivity contribution >= 4 is 59.4 Å². The van der Waals surface area contributed by atoms with Crippen LogP contribution in [0.4, 0.5) is 0 Å². The first-order chi connectivity index (χ1) is 15.3. The summed E-state index contributed by atoms with van der Waals surface area (Å²) < 4.78 is 9.90. The Labute approximate surface area is 179 Å². The Hall–Kier alpha value is -3.96. The zero-order valence-corrected chi connectivity index (χ0v) is 17.0. The number of para-hydroxylation sites is 1. The topological polar surface area (TPSA) is 47.5 Å². The van der Waals surface area contributed by atoms with E-state index in [4.69, 9.17) is 4.42 Å². The largest absolute Gasteiger partial charge is 0.424 e. The molecule has 0 saturated heterocycles. The third kappa shape index (κ3) is 2.29. The van der Waals surface area contributed by atoms with Gasteiger partial charge in [-0.3, -0.25) is 4.79 Å². The maximum absolute atomic E-state index is 13.2. The van der Waals surface area contributed by atoms with Crippen LogP contribution in [0.5, 0.6) is 0 Å². The Bertz CT molecular complexity index is 1860. The van der Waals surface area contributed by atoms with Crippen LogP contribution in [0.3, 0.4) is 0 Å². The molecule has 5 heteroatoms. The Morgan fingerprint density at radius 3 is 2.52 bits per heavy atom. The van der Waals surface area contributed by atoms with Gasteiger partial charge >= 0.3 is 5.84 Å². The fourth-order valence-electron chi connectivity index (χ4n) is 4.41. The molecule has 0 aliphatic carbocycles. The predicted molar refractivity (Wildman–Crippen MR) is 127 cm³/mol. The van der Waals surface area contributed by atoms with E-state index in [9.17, 15) is 4.79 Å². The van der Waals surface area contributed by atoms with Gasteiger partial charge in [0.25, 0.3) is 5.56 Å². The summed E-state index contributed by atoms with van der Waals surface area (Å²) in [7, 11) is 0. The molecule has 0 saturated carbocycles. The van der Waals surface area contributed by atoms with Crippen LogP contribution in [0.15, 0.2) is 94.1 Å². The lowest BCUT2D eigenvalue weighted by Crippen LogP contribution is -2.12. The highest BCUT2D eigenvalue weighted by Crippen LogP contribution is 2.41. The maximum Gasteiger partial charge on any atom is 0.310 e. The van der Waals surface area contributed by atoms with E-state index in [-0.39, 0.29) is 5.56 Å². The normalized spacial score (nSPS) is 12.0. The number of rotatable bonds is 1. The molecular formula is C26H14N2O2S. The zero-order valence-electron chi connectivity index (χ0n) is 16.2. The minimum atomic E-state index is -0.108. The molecule has 0 bridgehead atoms. The second-order valence-corrected chi connectivity index (χ2v) is 8.67. The molecule has 0 unspecified atom stereocenters. The predicted octanol–water partition coefficient (Wildman–Crippen LogP) is 6.63. The lowest BCUT2D eigenvalue weighted by Gasteiger charge is -2.03. The van der Waals surface area contributed by atoms with Crippen LogP contribution in [0.1, 0.15) is 0 Å². The van der Waals surface area contributed by atoms with Crippen molar-refractivity contribution in [2.24, 2.45) is 0 Å². The van der Waals surface area contributed by atoms with Crippen molar-refractivity contribution in [1.82, 2.24) is 9.38 Å². The Morgan fingerprint density at radius 1 is 0.806 bits per heavy atom.